The number of benzene rings is 2. The minimum atomic E-state index is -0.794. The van der Waals surface area contributed by atoms with Crippen molar-refractivity contribution in [2.45, 2.75) is 24.4 Å². The van der Waals surface area contributed by atoms with Crippen molar-refractivity contribution in [2.75, 3.05) is 6.61 Å². The SMILES string of the molecule is O=C1NC(=O)C(Cc2ccc(OCC(OCc3coc(=O)o3)c3cccc(Cl)c3)cc2)S1. The van der Waals surface area contributed by atoms with Gasteiger partial charge in [-0.3, -0.25) is 14.9 Å². The van der Waals surface area contributed by atoms with Gasteiger partial charge in [0.25, 0.3) is 5.24 Å². The first-order valence-corrected chi connectivity index (χ1v) is 10.9. The minimum Gasteiger partial charge on any atom is -0.491 e. The highest BCUT2D eigenvalue weighted by Gasteiger charge is 2.31. The summed E-state index contributed by atoms with van der Waals surface area (Å²) in [6.07, 6.45) is 1.17. The zero-order chi connectivity index (χ0) is 22.5. The van der Waals surface area contributed by atoms with Crippen LogP contribution in [0.1, 0.15) is 23.0 Å². The fraction of sp³-hybridized carbons (Fsp3) is 0.227. The van der Waals surface area contributed by atoms with Gasteiger partial charge in [0.05, 0.1) is 5.25 Å². The van der Waals surface area contributed by atoms with Crippen LogP contribution in [-0.2, 0) is 22.6 Å². The van der Waals surface area contributed by atoms with E-state index in [1.165, 1.54) is 6.26 Å². The summed E-state index contributed by atoms with van der Waals surface area (Å²) in [6.45, 7) is 0.197. The summed E-state index contributed by atoms with van der Waals surface area (Å²) in [6, 6.07) is 14.5. The Hall–Kier alpha value is -3.01. The molecule has 1 saturated heterocycles. The lowest BCUT2D eigenvalue weighted by Gasteiger charge is -2.19. The van der Waals surface area contributed by atoms with E-state index >= 15 is 0 Å². The number of imide groups is 1. The summed E-state index contributed by atoms with van der Waals surface area (Å²) in [5.41, 5.74) is 1.71. The molecule has 0 spiro atoms. The van der Waals surface area contributed by atoms with Gasteiger partial charge in [0.2, 0.25) is 5.91 Å². The molecule has 0 bridgehead atoms. The number of carbonyl (C=O) groups excluding carboxylic acids is 2. The molecule has 2 atom stereocenters. The summed E-state index contributed by atoms with van der Waals surface area (Å²) in [7, 11) is 0. The van der Waals surface area contributed by atoms with Crippen molar-refractivity contribution < 1.29 is 27.9 Å². The zero-order valence-electron chi connectivity index (χ0n) is 16.6. The van der Waals surface area contributed by atoms with Crippen molar-refractivity contribution in [3.63, 3.8) is 0 Å². The summed E-state index contributed by atoms with van der Waals surface area (Å²) < 4.78 is 21.3. The van der Waals surface area contributed by atoms with Gasteiger partial charge in [0.15, 0.2) is 5.76 Å². The standard InChI is InChI=1S/C22H18ClNO7S/c23-15-3-1-2-14(9-15)18(29-10-17-11-30-22(27)31-17)12-28-16-6-4-13(5-7-16)8-19-20(25)24-21(26)32-19/h1-7,9,11,18-19H,8,10,12H2,(H,24,25,26). The number of ether oxygens (including phenoxy) is 2. The lowest BCUT2D eigenvalue weighted by Crippen LogP contribution is -2.25. The van der Waals surface area contributed by atoms with Gasteiger partial charge in [-0.15, -0.1) is 0 Å². The van der Waals surface area contributed by atoms with E-state index in [9.17, 15) is 14.4 Å². The number of hydrogen-bond acceptors (Lipinski definition) is 8. The van der Waals surface area contributed by atoms with Crippen LogP contribution in [0.2, 0.25) is 5.02 Å². The summed E-state index contributed by atoms with van der Waals surface area (Å²) in [5, 5.41) is 2.10. The maximum absolute atomic E-state index is 11.7. The molecule has 1 fully saturated rings. The Bertz CT molecular complexity index is 1160. The first-order chi connectivity index (χ1) is 15.5. The van der Waals surface area contributed by atoms with E-state index in [1.54, 1.807) is 24.3 Å². The number of rotatable bonds is 9. The van der Waals surface area contributed by atoms with Crippen LogP contribution in [0.5, 0.6) is 5.75 Å². The second kappa shape index (κ2) is 10.1. The molecule has 0 saturated carbocycles. The third-order valence-corrected chi connectivity index (χ3v) is 5.88. The molecule has 2 aromatic carbocycles. The molecular weight excluding hydrogens is 458 g/mol. The van der Waals surface area contributed by atoms with Crippen molar-refractivity contribution in [2.24, 2.45) is 0 Å². The molecule has 166 valence electrons. The lowest BCUT2D eigenvalue weighted by atomic mass is 10.1. The highest BCUT2D eigenvalue weighted by Crippen LogP contribution is 2.26. The second-order valence-electron chi connectivity index (χ2n) is 6.95. The molecule has 8 nitrogen and oxygen atoms in total. The molecule has 2 unspecified atom stereocenters. The molecule has 3 aromatic rings. The molecule has 1 aliphatic rings. The van der Waals surface area contributed by atoms with Crippen LogP contribution < -0.4 is 15.9 Å². The van der Waals surface area contributed by atoms with Crippen molar-refractivity contribution in [3.8, 4) is 5.75 Å². The Balaban J connectivity index is 1.39. The van der Waals surface area contributed by atoms with Crippen LogP contribution in [0.15, 0.2) is 68.4 Å². The van der Waals surface area contributed by atoms with E-state index in [1.807, 2.05) is 24.3 Å². The fourth-order valence-corrected chi connectivity index (χ4v) is 4.16. The molecule has 1 aromatic heterocycles. The smallest absolute Gasteiger partial charge is 0.491 e. The van der Waals surface area contributed by atoms with E-state index in [-0.39, 0.29) is 30.1 Å². The quantitative estimate of drug-likeness (QED) is 0.492. The first kappa shape index (κ1) is 22.2. The van der Waals surface area contributed by atoms with Crippen molar-refractivity contribution in [1.82, 2.24) is 5.32 Å². The Labute approximate surface area is 191 Å². The van der Waals surface area contributed by atoms with Gasteiger partial charge in [-0.25, -0.2) is 4.79 Å². The summed E-state index contributed by atoms with van der Waals surface area (Å²) in [4.78, 5) is 34.1. The first-order valence-electron chi connectivity index (χ1n) is 9.64. The van der Waals surface area contributed by atoms with Crippen LogP contribution in [0, 0.1) is 0 Å². The van der Waals surface area contributed by atoms with E-state index < -0.39 is 17.2 Å². The third-order valence-electron chi connectivity index (χ3n) is 4.66. The van der Waals surface area contributed by atoms with Gasteiger partial charge in [0.1, 0.15) is 31.3 Å². The van der Waals surface area contributed by atoms with E-state index in [0.717, 1.165) is 22.9 Å². The molecule has 2 heterocycles. The Morgan fingerprint density at radius 1 is 1.12 bits per heavy atom. The summed E-state index contributed by atoms with van der Waals surface area (Å²) >= 11 is 7.11. The third kappa shape index (κ3) is 5.82. The molecule has 10 heteroatoms. The van der Waals surface area contributed by atoms with E-state index in [2.05, 4.69) is 9.73 Å². The van der Waals surface area contributed by atoms with Gasteiger partial charge < -0.3 is 18.3 Å². The molecule has 0 aliphatic carbocycles. The van der Waals surface area contributed by atoms with Gasteiger partial charge in [0, 0.05) is 5.02 Å². The highest BCUT2D eigenvalue weighted by molar-refractivity contribution is 8.15. The number of carbonyl (C=O) groups is 2. The average molecular weight is 476 g/mol. The Morgan fingerprint density at radius 2 is 1.94 bits per heavy atom. The number of amides is 2. The zero-order valence-corrected chi connectivity index (χ0v) is 18.2. The van der Waals surface area contributed by atoms with Gasteiger partial charge in [-0.05, 0) is 41.8 Å². The number of hydrogen-bond donors (Lipinski definition) is 1. The van der Waals surface area contributed by atoms with Gasteiger partial charge in [-0.1, -0.05) is 47.6 Å². The molecule has 0 radical (unpaired) electrons. The van der Waals surface area contributed by atoms with Crippen LogP contribution >= 0.6 is 23.4 Å². The van der Waals surface area contributed by atoms with Crippen LogP contribution in [0.4, 0.5) is 4.79 Å². The van der Waals surface area contributed by atoms with Crippen LogP contribution in [0.3, 0.4) is 0 Å². The fourth-order valence-electron chi connectivity index (χ4n) is 3.10. The maximum Gasteiger partial charge on any atom is 0.518 e. The predicted molar refractivity (Wildman–Crippen MR) is 117 cm³/mol. The van der Waals surface area contributed by atoms with Crippen molar-refractivity contribution in [1.29, 1.82) is 0 Å². The molecule has 32 heavy (non-hydrogen) atoms. The largest absolute Gasteiger partial charge is 0.518 e. The number of thioether (sulfide) groups is 1. The molecular formula is C22H18ClNO7S. The van der Waals surface area contributed by atoms with Crippen molar-refractivity contribution in [3.05, 3.63) is 87.3 Å². The lowest BCUT2D eigenvalue weighted by molar-refractivity contribution is -0.118. The molecule has 4 rings (SSSR count). The van der Waals surface area contributed by atoms with Crippen molar-refractivity contribution >= 4 is 34.5 Å². The maximum atomic E-state index is 11.7. The normalized spacial score (nSPS) is 16.7. The highest BCUT2D eigenvalue weighted by atomic mass is 35.5. The van der Waals surface area contributed by atoms with E-state index in [4.69, 9.17) is 25.5 Å². The molecule has 1 N–H and O–H groups in total. The average Bonchev–Trinajstić information content (AvgIpc) is 3.33. The second-order valence-corrected chi connectivity index (χ2v) is 8.56. The van der Waals surface area contributed by atoms with Gasteiger partial charge >= 0.3 is 5.82 Å². The minimum absolute atomic E-state index is 0.0189. The number of nitrogens with one attached hydrogen (secondary N) is 1. The predicted octanol–water partition coefficient (Wildman–Crippen LogP) is 4.12. The van der Waals surface area contributed by atoms with Crippen LogP contribution in [-0.4, -0.2) is 23.0 Å². The Kier molecular flexibility index (Phi) is 6.99. The van der Waals surface area contributed by atoms with Gasteiger partial charge in [-0.2, -0.15) is 0 Å². The number of halogens is 1. The van der Waals surface area contributed by atoms with E-state index in [0.29, 0.717) is 17.2 Å². The molecule has 1 aliphatic heterocycles. The monoisotopic (exact) mass is 475 g/mol. The summed E-state index contributed by atoms with van der Waals surface area (Å²) in [5.74, 6) is -0.190. The Morgan fingerprint density at radius 3 is 2.59 bits per heavy atom. The van der Waals surface area contributed by atoms with Crippen LogP contribution in [0.25, 0.3) is 0 Å². The topological polar surface area (TPSA) is 108 Å². The molecule has 2 amide bonds.